The molecule has 170 valence electrons. The van der Waals surface area contributed by atoms with E-state index in [1.165, 1.54) is 51.9 Å². The van der Waals surface area contributed by atoms with E-state index >= 15 is 0 Å². The van der Waals surface area contributed by atoms with Gasteiger partial charge >= 0.3 is 0 Å². The van der Waals surface area contributed by atoms with Crippen LogP contribution in [0.4, 0.5) is 0 Å². The molecule has 2 saturated heterocycles. The zero-order chi connectivity index (χ0) is 22.2. The van der Waals surface area contributed by atoms with Crippen molar-refractivity contribution >= 4 is 34.6 Å². The molecule has 6 heteroatoms. The van der Waals surface area contributed by atoms with Crippen LogP contribution in [0, 0.1) is 0 Å². The maximum absolute atomic E-state index is 6.13. The van der Waals surface area contributed by atoms with Crippen LogP contribution in [-0.2, 0) is 0 Å². The third-order valence-electron chi connectivity index (χ3n) is 6.37. The van der Waals surface area contributed by atoms with Gasteiger partial charge in [-0.25, -0.2) is 0 Å². The molecule has 2 heterocycles. The summed E-state index contributed by atoms with van der Waals surface area (Å²) in [4.78, 5) is 5.03. The summed E-state index contributed by atoms with van der Waals surface area (Å²) in [5.74, 6) is 0. The topological polar surface area (TPSA) is 31.2 Å². The number of rotatable bonds is 9. The first-order valence-electron chi connectivity index (χ1n) is 11.8. The Labute approximate surface area is 201 Å². The maximum Gasteiger partial charge on any atom is 0.0715 e. The van der Waals surface area contributed by atoms with Crippen molar-refractivity contribution in [2.24, 2.45) is 10.2 Å². The van der Waals surface area contributed by atoms with E-state index in [0.717, 1.165) is 58.5 Å². The predicted octanol–water partition coefficient (Wildman–Crippen LogP) is 6.16. The van der Waals surface area contributed by atoms with Crippen LogP contribution < -0.4 is 0 Å². The molecular weight excluding hydrogens is 439 g/mol. The Morgan fingerprint density at radius 2 is 0.938 bits per heavy atom. The summed E-state index contributed by atoms with van der Waals surface area (Å²) in [6.07, 6.45) is 6.94. The lowest BCUT2D eigenvalue weighted by atomic mass is 10.1. The van der Waals surface area contributed by atoms with Gasteiger partial charge in [-0.3, -0.25) is 0 Å². The monoisotopic (exact) mass is 470 g/mol. The first kappa shape index (κ1) is 23.4. The minimum Gasteiger partial charge on any atom is -0.303 e. The number of benzene rings is 2. The molecule has 0 spiro atoms. The Bertz CT molecular complexity index is 832. The summed E-state index contributed by atoms with van der Waals surface area (Å²) in [5, 5.41) is 11.1. The minimum atomic E-state index is 0.739. The number of likely N-dealkylation sites (tertiary alicyclic amines) is 2. The lowest BCUT2D eigenvalue weighted by Crippen LogP contribution is -2.23. The van der Waals surface area contributed by atoms with Crippen LogP contribution in [-0.4, -0.2) is 60.5 Å². The lowest BCUT2D eigenvalue weighted by molar-refractivity contribution is 0.349. The zero-order valence-corrected chi connectivity index (χ0v) is 20.2. The smallest absolute Gasteiger partial charge is 0.0715 e. The Morgan fingerprint density at radius 1 is 0.594 bits per heavy atom. The molecule has 0 radical (unpaired) electrons. The van der Waals surface area contributed by atoms with Crippen LogP contribution in [0.1, 0.15) is 49.7 Å². The summed E-state index contributed by atoms with van der Waals surface area (Å²) in [6.45, 7) is 6.76. The highest BCUT2D eigenvalue weighted by Crippen LogP contribution is 2.17. The van der Waals surface area contributed by atoms with E-state index in [0.29, 0.717) is 0 Å². The highest BCUT2D eigenvalue weighted by atomic mass is 35.5. The van der Waals surface area contributed by atoms with E-state index < -0.39 is 0 Å². The fourth-order valence-corrected chi connectivity index (χ4v) is 4.70. The maximum atomic E-state index is 6.13. The first-order chi connectivity index (χ1) is 15.7. The van der Waals surface area contributed by atoms with E-state index in [-0.39, 0.29) is 0 Å². The van der Waals surface area contributed by atoms with Gasteiger partial charge in [0.1, 0.15) is 0 Å². The molecule has 0 aliphatic carbocycles. The fraction of sp³-hybridized carbons (Fsp3) is 0.462. The van der Waals surface area contributed by atoms with Crippen LogP contribution in [0.3, 0.4) is 0 Å². The molecule has 2 aromatic carbocycles. The van der Waals surface area contributed by atoms with Gasteiger partial charge in [-0.2, -0.15) is 10.2 Å². The standard InChI is InChI=1S/C26H32Cl2N4/c27-23-9-5-21(6-10-23)25(13-19-31-15-1-2-16-31)29-30-26(14-20-32-17-3-4-18-32)22-7-11-24(28)12-8-22/h5-12H,1-4,13-20H2. The highest BCUT2D eigenvalue weighted by molar-refractivity contribution is 6.31. The summed E-state index contributed by atoms with van der Waals surface area (Å²) in [5.41, 5.74) is 4.21. The second-order valence-corrected chi connectivity index (χ2v) is 9.58. The number of hydrogen-bond donors (Lipinski definition) is 0. The van der Waals surface area contributed by atoms with Gasteiger partial charge in [0.05, 0.1) is 11.4 Å². The van der Waals surface area contributed by atoms with Gasteiger partial charge < -0.3 is 9.80 Å². The van der Waals surface area contributed by atoms with Crippen molar-refractivity contribution in [2.45, 2.75) is 38.5 Å². The van der Waals surface area contributed by atoms with Crippen LogP contribution in [0.25, 0.3) is 0 Å². The second-order valence-electron chi connectivity index (χ2n) is 8.70. The van der Waals surface area contributed by atoms with Crippen molar-refractivity contribution < 1.29 is 0 Å². The SMILES string of the molecule is Clc1ccc(C(CCN2CCCC2)=NN=C(CCN2CCCC2)c2ccc(Cl)cc2)cc1. The zero-order valence-electron chi connectivity index (χ0n) is 18.6. The fourth-order valence-electron chi connectivity index (χ4n) is 4.45. The third kappa shape index (κ3) is 6.89. The van der Waals surface area contributed by atoms with E-state index in [1.807, 2.05) is 48.5 Å². The summed E-state index contributed by atoms with van der Waals surface area (Å²) >= 11 is 12.3. The van der Waals surface area contributed by atoms with E-state index in [4.69, 9.17) is 33.4 Å². The van der Waals surface area contributed by atoms with Crippen LogP contribution in [0.2, 0.25) is 10.0 Å². The predicted molar refractivity (Wildman–Crippen MR) is 137 cm³/mol. The van der Waals surface area contributed by atoms with E-state index in [2.05, 4.69) is 9.80 Å². The first-order valence-corrected chi connectivity index (χ1v) is 12.5. The molecule has 4 rings (SSSR count). The number of halogens is 2. The van der Waals surface area contributed by atoms with Gasteiger partial charge in [0.15, 0.2) is 0 Å². The van der Waals surface area contributed by atoms with Gasteiger partial charge in [-0.1, -0.05) is 47.5 Å². The van der Waals surface area contributed by atoms with Crippen LogP contribution >= 0.6 is 23.2 Å². The van der Waals surface area contributed by atoms with Crippen molar-refractivity contribution in [3.05, 3.63) is 69.7 Å². The molecule has 0 unspecified atom stereocenters. The van der Waals surface area contributed by atoms with Crippen LogP contribution in [0.5, 0.6) is 0 Å². The van der Waals surface area contributed by atoms with Crippen molar-refractivity contribution in [1.29, 1.82) is 0 Å². The average molecular weight is 471 g/mol. The highest BCUT2D eigenvalue weighted by Gasteiger charge is 2.15. The molecule has 0 N–H and O–H groups in total. The molecule has 0 amide bonds. The Hall–Kier alpha value is -1.72. The second kappa shape index (κ2) is 11.9. The normalized spacial score (nSPS) is 18.6. The van der Waals surface area contributed by atoms with Gasteiger partial charge in [-0.15, -0.1) is 0 Å². The molecule has 0 aromatic heterocycles. The van der Waals surface area contributed by atoms with Gasteiger partial charge in [0.25, 0.3) is 0 Å². The molecule has 0 bridgehead atoms. The lowest BCUT2D eigenvalue weighted by Gasteiger charge is -2.16. The van der Waals surface area contributed by atoms with Crippen molar-refractivity contribution in [1.82, 2.24) is 9.80 Å². The summed E-state index contributed by atoms with van der Waals surface area (Å²) < 4.78 is 0. The minimum absolute atomic E-state index is 0.739. The molecule has 2 aliphatic rings. The Kier molecular flexibility index (Phi) is 8.75. The molecule has 2 fully saturated rings. The Balaban J connectivity index is 1.58. The molecule has 4 nitrogen and oxygen atoms in total. The third-order valence-corrected chi connectivity index (χ3v) is 6.88. The average Bonchev–Trinajstić information content (AvgIpc) is 3.52. The molecular formula is C26H32Cl2N4. The molecule has 2 aliphatic heterocycles. The van der Waals surface area contributed by atoms with Crippen LogP contribution in [0.15, 0.2) is 58.7 Å². The van der Waals surface area contributed by atoms with Crippen molar-refractivity contribution in [3.63, 3.8) is 0 Å². The number of nitrogens with zero attached hydrogens (tertiary/aromatic N) is 4. The largest absolute Gasteiger partial charge is 0.303 e. The Morgan fingerprint density at radius 3 is 1.28 bits per heavy atom. The number of hydrogen-bond acceptors (Lipinski definition) is 4. The van der Waals surface area contributed by atoms with Gasteiger partial charge in [0.2, 0.25) is 0 Å². The molecule has 0 atom stereocenters. The summed E-state index contributed by atoms with van der Waals surface area (Å²) in [6, 6.07) is 15.9. The quantitative estimate of drug-likeness (QED) is 0.324. The van der Waals surface area contributed by atoms with Gasteiger partial charge in [0, 0.05) is 36.0 Å². The molecule has 32 heavy (non-hydrogen) atoms. The van der Waals surface area contributed by atoms with Crippen molar-refractivity contribution in [3.8, 4) is 0 Å². The van der Waals surface area contributed by atoms with E-state index in [9.17, 15) is 0 Å². The van der Waals surface area contributed by atoms with E-state index in [1.54, 1.807) is 0 Å². The molecule has 0 saturated carbocycles. The van der Waals surface area contributed by atoms with Crippen molar-refractivity contribution in [2.75, 3.05) is 39.3 Å². The summed E-state index contributed by atoms with van der Waals surface area (Å²) in [7, 11) is 0. The molecule has 2 aromatic rings. The van der Waals surface area contributed by atoms with Gasteiger partial charge in [-0.05, 0) is 87.3 Å².